The number of hydrogen-bond acceptors (Lipinski definition) is 6. The van der Waals surface area contributed by atoms with Crippen LogP contribution in [0, 0.1) is 0 Å². The molecular formula is C14H25Cl2N3O4S. The summed E-state index contributed by atoms with van der Waals surface area (Å²) in [5.41, 5.74) is 0. The Morgan fingerprint density at radius 1 is 1.08 bits per heavy atom. The second kappa shape index (κ2) is 11.0. The van der Waals surface area contributed by atoms with Crippen molar-refractivity contribution in [1.29, 1.82) is 0 Å². The molecule has 2 N–H and O–H groups in total. The van der Waals surface area contributed by atoms with Crippen molar-refractivity contribution in [1.82, 2.24) is 14.9 Å². The molecule has 1 aromatic rings. The number of benzene rings is 1. The van der Waals surface area contributed by atoms with Crippen molar-refractivity contribution in [3.63, 3.8) is 0 Å². The fourth-order valence-corrected chi connectivity index (χ4v) is 3.36. The molecule has 1 heterocycles. The van der Waals surface area contributed by atoms with E-state index in [0.717, 1.165) is 26.2 Å². The van der Waals surface area contributed by atoms with Crippen LogP contribution in [0.1, 0.15) is 0 Å². The third-order valence-electron chi connectivity index (χ3n) is 3.56. The number of nitrogens with zero attached hydrogens (tertiary/aromatic N) is 1. The van der Waals surface area contributed by atoms with E-state index in [9.17, 15) is 8.42 Å². The summed E-state index contributed by atoms with van der Waals surface area (Å²) in [5, 5.41) is 3.26. The standard InChI is InChI=1S/C14H23N3O4S.2ClH/c1-20-12-9-13(21-2)11-14(10-12)22(18,19)16-5-8-17-6-3-15-4-7-17;;/h9-11,15-16H,3-8H2,1-2H3;2*1H. The van der Waals surface area contributed by atoms with E-state index in [0.29, 0.717) is 24.6 Å². The van der Waals surface area contributed by atoms with Gasteiger partial charge < -0.3 is 14.8 Å². The highest BCUT2D eigenvalue weighted by molar-refractivity contribution is 7.89. The fourth-order valence-electron chi connectivity index (χ4n) is 2.29. The monoisotopic (exact) mass is 401 g/mol. The van der Waals surface area contributed by atoms with Gasteiger partial charge in [0.05, 0.1) is 19.1 Å². The summed E-state index contributed by atoms with van der Waals surface area (Å²) in [5.74, 6) is 0.892. The highest BCUT2D eigenvalue weighted by Crippen LogP contribution is 2.25. The third kappa shape index (κ3) is 6.62. The first kappa shape index (κ1) is 23.2. The van der Waals surface area contributed by atoms with Crippen LogP contribution in [0.2, 0.25) is 0 Å². The molecule has 0 unspecified atom stereocenters. The normalized spacial score (nSPS) is 15.1. The van der Waals surface area contributed by atoms with Crippen molar-refractivity contribution in [2.75, 3.05) is 53.5 Å². The second-order valence-electron chi connectivity index (χ2n) is 5.04. The Balaban J connectivity index is 0.00000264. The summed E-state index contributed by atoms with van der Waals surface area (Å²) in [6, 6.07) is 4.60. The van der Waals surface area contributed by atoms with Gasteiger partial charge in [0.25, 0.3) is 0 Å². The maximum Gasteiger partial charge on any atom is 0.240 e. The lowest BCUT2D eigenvalue weighted by Crippen LogP contribution is -2.46. The van der Waals surface area contributed by atoms with Gasteiger partial charge in [-0.2, -0.15) is 0 Å². The zero-order valence-corrected chi connectivity index (χ0v) is 16.2. The lowest BCUT2D eigenvalue weighted by atomic mass is 10.3. The van der Waals surface area contributed by atoms with Crippen molar-refractivity contribution in [2.24, 2.45) is 0 Å². The molecule has 0 bridgehead atoms. The van der Waals surface area contributed by atoms with Crippen LogP contribution in [0.5, 0.6) is 11.5 Å². The molecule has 0 aliphatic carbocycles. The molecule has 2 rings (SSSR count). The number of halogens is 2. The molecule has 0 saturated carbocycles. The van der Waals surface area contributed by atoms with Gasteiger partial charge in [-0.05, 0) is 0 Å². The van der Waals surface area contributed by atoms with Crippen LogP contribution >= 0.6 is 24.8 Å². The van der Waals surface area contributed by atoms with Crippen LogP contribution < -0.4 is 19.5 Å². The molecule has 1 aromatic carbocycles. The number of nitrogens with one attached hydrogen (secondary N) is 2. The third-order valence-corrected chi connectivity index (χ3v) is 5.01. The molecule has 1 fully saturated rings. The molecule has 0 radical (unpaired) electrons. The number of sulfonamides is 1. The van der Waals surface area contributed by atoms with E-state index in [1.54, 1.807) is 6.07 Å². The Kier molecular flexibility index (Phi) is 10.6. The van der Waals surface area contributed by atoms with Crippen molar-refractivity contribution in [3.05, 3.63) is 18.2 Å². The number of rotatable bonds is 7. The maximum absolute atomic E-state index is 12.4. The van der Waals surface area contributed by atoms with Gasteiger partial charge in [-0.3, -0.25) is 4.90 Å². The molecule has 140 valence electrons. The highest BCUT2D eigenvalue weighted by atomic mass is 35.5. The van der Waals surface area contributed by atoms with Gasteiger partial charge in [0.2, 0.25) is 10.0 Å². The van der Waals surface area contributed by atoms with Crippen LogP contribution in [0.3, 0.4) is 0 Å². The van der Waals surface area contributed by atoms with Gasteiger partial charge >= 0.3 is 0 Å². The Morgan fingerprint density at radius 3 is 2.12 bits per heavy atom. The predicted octanol–water partition coefficient (Wildman–Crippen LogP) is 0.731. The second-order valence-corrected chi connectivity index (χ2v) is 6.80. The molecule has 1 saturated heterocycles. The van der Waals surface area contributed by atoms with E-state index in [4.69, 9.17) is 9.47 Å². The zero-order chi connectivity index (χ0) is 16.0. The topological polar surface area (TPSA) is 79.9 Å². The molecule has 24 heavy (non-hydrogen) atoms. The molecule has 0 spiro atoms. The Morgan fingerprint density at radius 2 is 1.62 bits per heavy atom. The molecule has 7 nitrogen and oxygen atoms in total. The van der Waals surface area contributed by atoms with Crippen molar-refractivity contribution >= 4 is 34.8 Å². The van der Waals surface area contributed by atoms with E-state index in [-0.39, 0.29) is 29.7 Å². The summed E-state index contributed by atoms with van der Waals surface area (Å²) in [4.78, 5) is 2.37. The fraction of sp³-hybridized carbons (Fsp3) is 0.571. The van der Waals surface area contributed by atoms with Gasteiger partial charge in [0, 0.05) is 57.5 Å². The molecule has 1 aliphatic heterocycles. The lowest BCUT2D eigenvalue weighted by molar-refractivity contribution is 0.245. The average molecular weight is 402 g/mol. The maximum atomic E-state index is 12.4. The van der Waals surface area contributed by atoms with Crippen LogP contribution in [-0.4, -0.2) is 66.8 Å². The molecule has 1 aliphatic rings. The van der Waals surface area contributed by atoms with Crippen LogP contribution in [0.4, 0.5) is 0 Å². The van der Waals surface area contributed by atoms with Gasteiger partial charge in [0.15, 0.2) is 0 Å². The number of hydrogen-bond donors (Lipinski definition) is 2. The molecular weight excluding hydrogens is 377 g/mol. The first-order valence-corrected chi connectivity index (χ1v) is 8.69. The average Bonchev–Trinajstić information content (AvgIpc) is 2.55. The van der Waals surface area contributed by atoms with Gasteiger partial charge in [-0.25, -0.2) is 13.1 Å². The SMILES string of the molecule is COc1cc(OC)cc(S(=O)(=O)NCCN2CCNCC2)c1.Cl.Cl. The Hall–Kier alpha value is -0.770. The summed E-state index contributed by atoms with van der Waals surface area (Å²) >= 11 is 0. The Bertz CT molecular complexity index is 573. The van der Waals surface area contributed by atoms with Crippen molar-refractivity contribution in [2.45, 2.75) is 4.90 Å². The van der Waals surface area contributed by atoms with E-state index in [1.165, 1.54) is 26.4 Å². The van der Waals surface area contributed by atoms with Gasteiger partial charge in [-0.15, -0.1) is 24.8 Å². The first-order valence-electron chi connectivity index (χ1n) is 7.21. The molecule has 0 aromatic heterocycles. The molecule has 10 heteroatoms. The molecule has 0 amide bonds. The first-order chi connectivity index (χ1) is 10.5. The van der Waals surface area contributed by atoms with E-state index < -0.39 is 10.0 Å². The van der Waals surface area contributed by atoms with Crippen LogP contribution in [0.15, 0.2) is 23.1 Å². The largest absolute Gasteiger partial charge is 0.497 e. The minimum Gasteiger partial charge on any atom is -0.497 e. The van der Waals surface area contributed by atoms with Crippen LogP contribution in [0.25, 0.3) is 0 Å². The van der Waals surface area contributed by atoms with Gasteiger partial charge in [-0.1, -0.05) is 0 Å². The van der Waals surface area contributed by atoms with Gasteiger partial charge in [0.1, 0.15) is 11.5 Å². The quantitative estimate of drug-likeness (QED) is 0.700. The summed E-state index contributed by atoms with van der Waals surface area (Å²) < 4.78 is 37.5. The number of piperazine rings is 1. The lowest BCUT2D eigenvalue weighted by Gasteiger charge is -2.27. The number of ether oxygens (including phenoxy) is 2. The number of methoxy groups -OCH3 is 2. The minimum atomic E-state index is -3.58. The van der Waals surface area contributed by atoms with E-state index in [1.807, 2.05) is 0 Å². The predicted molar refractivity (Wildman–Crippen MR) is 98.5 cm³/mol. The van der Waals surface area contributed by atoms with Crippen LogP contribution in [-0.2, 0) is 10.0 Å². The smallest absolute Gasteiger partial charge is 0.240 e. The minimum absolute atomic E-state index is 0. The highest BCUT2D eigenvalue weighted by Gasteiger charge is 2.17. The summed E-state index contributed by atoms with van der Waals surface area (Å²) in [6.45, 7) is 4.84. The summed E-state index contributed by atoms with van der Waals surface area (Å²) in [6.07, 6.45) is 0. The van der Waals surface area contributed by atoms with E-state index >= 15 is 0 Å². The van der Waals surface area contributed by atoms with E-state index in [2.05, 4.69) is 14.9 Å². The summed E-state index contributed by atoms with van der Waals surface area (Å²) in [7, 11) is -0.600. The Labute approximate surface area is 155 Å². The molecule has 0 atom stereocenters. The van der Waals surface area contributed by atoms with Crippen molar-refractivity contribution in [3.8, 4) is 11.5 Å². The zero-order valence-electron chi connectivity index (χ0n) is 13.8. The van der Waals surface area contributed by atoms with Crippen molar-refractivity contribution < 1.29 is 17.9 Å².